The Kier molecular flexibility index (Phi) is 4.66. The van der Waals surface area contributed by atoms with E-state index in [0.29, 0.717) is 0 Å². The molecule has 1 saturated heterocycles. The first-order valence-corrected chi connectivity index (χ1v) is 8.15. The van der Waals surface area contributed by atoms with Crippen molar-refractivity contribution in [1.82, 2.24) is 9.55 Å². The maximum absolute atomic E-state index is 13.3. The topological polar surface area (TPSA) is 73.3 Å². The highest BCUT2D eigenvalue weighted by Crippen LogP contribution is 2.25. The number of nitrogens with zero attached hydrogens (tertiary/aromatic N) is 1. The third-order valence-corrected chi connectivity index (χ3v) is 4.13. The van der Waals surface area contributed by atoms with Crippen molar-refractivity contribution in [2.45, 2.75) is 45.4 Å². The van der Waals surface area contributed by atoms with Crippen molar-refractivity contribution >= 4 is 12.6 Å². The quantitative estimate of drug-likeness (QED) is 0.843. The van der Waals surface area contributed by atoms with E-state index in [2.05, 4.69) is 0 Å². The standard InChI is InChI=1S/C17H20BFN2O4/c1-11-8-17(2,3)25-18(24-11)13-6-4-12(5-7-13)9-21-10-14(19)15(22)20-16(21)23/h4-7,10-11H,8-9H2,1-3H3,(H,20,22,23). The zero-order valence-corrected chi connectivity index (χ0v) is 14.4. The van der Waals surface area contributed by atoms with Crippen LogP contribution >= 0.6 is 0 Å². The average molecular weight is 346 g/mol. The second kappa shape index (κ2) is 6.61. The normalized spacial score (nSPS) is 19.8. The highest BCUT2D eigenvalue weighted by atomic mass is 19.1. The summed E-state index contributed by atoms with van der Waals surface area (Å²) in [4.78, 5) is 24.7. The van der Waals surface area contributed by atoms with Gasteiger partial charge in [0.25, 0.3) is 5.56 Å². The first kappa shape index (κ1) is 17.6. The summed E-state index contributed by atoms with van der Waals surface area (Å²) < 4.78 is 26.3. The van der Waals surface area contributed by atoms with E-state index in [1.165, 1.54) is 0 Å². The van der Waals surface area contributed by atoms with Gasteiger partial charge in [0.05, 0.1) is 18.3 Å². The minimum Gasteiger partial charge on any atom is -0.405 e. The van der Waals surface area contributed by atoms with Crippen LogP contribution in [0.2, 0.25) is 0 Å². The SMILES string of the molecule is CC1CC(C)(C)OB(c2ccc(Cn3cc(F)c(=O)[nH]c3=O)cc2)O1. The number of H-pyrrole nitrogens is 1. The third-order valence-electron chi connectivity index (χ3n) is 4.13. The molecule has 0 aliphatic carbocycles. The van der Waals surface area contributed by atoms with Gasteiger partial charge in [0, 0.05) is 6.10 Å². The molecule has 1 unspecified atom stereocenters. The van der Waals surface area contributed by atoms with Crippen molar-refractivity contribution in [3.05, 3.63) is 62.7 Å². The van der Waals surface area contributed by atoms with Gasteiger partial charge in [-0.1, -0.05) is 24.3 Å². The van der Waals surface area contributed by atoms with Crippen LogP contribution in [0.15, 0.2) is 40.1 Å². The molecule has 8 heteroatoms. The maximum Gasteiger partial charge on any atom is 0.494 e. The minimum absolute atomic E-state index is 0.0936. The highest BCUT2D eigenvalue weighted by molar-refractivity contribution is 6.61. The third kappa shape index (κ3) is 4.08. The molecule has 6 nitrogen and oxygen atoms in total. The fourth-order valence-electron chi connectivity index (χ4n) is 3.04. The summed E-state index contributed by atoms with van der Waals surface area (Å²) in [7, 11) is -0.443. The van der Waals surface area contributed by atoms with Gasteiger partial charge in [0.1, 0.15) is 0 Å². The lowest BCUT2D eigenvalue weighted by atomic mass is 9.75. The Bertz CT molecular complexity index is 875. The predicted molar refractivity (Wildman–Crippen MR) is 92.5 cm³/mol. The molecule has 1 aliphatic heterocycles. The number of hydrogen-bond acceptors (Lipinski definition) is 4. The number of aromatic amines is 1. The van der Waals surface area contributed by atoms with Crippen molar-refractivity contribution in [3.63, 3.8) is 0 Å². The molecule has 25 heavy (non-hydrogen) atoms. The van der Waals surface area contributed by atoms with E-state index in [1.807, 2.05) is 50.0 Å². The predicted octanol–water partition coefficient (Wildman–Crippen LogP) is 1.02. The Morgan fingerprint density at radius 2 is 2.00 bits per heavy atom. The van der Waals surface area contributed by atoms with Crippen LogP contribution in [0, 0.1) is 5.82 Å². The van der Waals surface area contributed by atoms with Gasteiger partial charge in [-0.3, -0.25) is 14.3 Å². The monoisotopic (exact) mass is 346 g/mol. The van der Waals surface area contributed by atoms with Crippen molar-refractivity contribution in [3.8, 4) is 0 Å². The molecule has 1 aromatic carbocycles. The van der Waals surface area contributed by atoms with Crippen LogP contribution in [0.1, 0.15) is 32.8 Å². The number of benzene rings is 1. The molecule has 1 aliphatic rings. The summed E-state index contributed by atoms with van der Waals surface area (Å²) in [6.45, 7) is 6.24. The number of nitrogens with one attached hydrogen (secondary N) is 1. The van der Waals surface area contributed by atoms with Crippen LogP contribution < -0.4 is 16.7 Å². The van der Waals surface area contributed by atoms with Gasteiger partial charge >= 0.3 is 12.8 Å². The summed E-state index contributed by atoms with van der Waals surface area (Å²) in [6.07, 6.45) is 1.82. The van der Waals surface area contributed by atoms with Gasteiger partial charge in [-0.05, 0) is 38.2 Å². The van der Waals surface area contributed by atoms with Gasteiger partial charge in [0.2, 0.25) is 5.82 Å². The Morgan fingerprint density at radius 1 is 1.32 bits per heavy atom. The van der Waals surface area contributed by atoms with Crippen molar-refractivity contribution < 1.29 is 13.7 Å². The molecule has 1 N–H and O–H groups in total. The summed E-state index contributed by atoms with van der Waals surface area (Å²) in [6, 6.07) is 7.37. The molecule has 0 radical (unpaired) electrons. The Morgan fingerprint density at radius 3 is 2.64 bits per heavy atom. The lowest BCUT2D eigenvalue weighted by Gasteiger charge is -2.38. The maximum atomic E-state index is 13.3. The van der Waals surface area contributed by atoms with E-state index in [0.717, 1.165) is 28.2 Å². The van der Waals surface area contributed by atoms with Gasteiger partial charge in [-0.15, -0.1) is 0 Å². The molecule has 0 saturated carbocycles. The average Bonchev–Trinajstić information content (AvgIpc) is 2.51. The van der Waals surface area contributed by atoms with Crippen LogP contribution in [-0.2, 0) is 15.9 Å². The summed E-state index contributed by atoms with van der Waals surface area (Å²) in [5.41, 5.74) is -0.254. The molecule has 132 valence electrons. The molecular formula is C17H20BFN2O4. The van der Waals surface area contributed by atoms with Crippen LogP contribution in [0.3, 0.4) is 0 Å². The van der Waals surface area contributed by atoms with Crippen LogP contribution in [0.4, 0.5) is 4.39 Å². The lowest BCUT2D eigenvalue weighted by Crippen LogP contribution is -2.51. The van der Waals surface area contributed by atoms with Crippen molar-refractivity contribution in [1.29, 1.82) is 0 Å². The molecule has 2 heterocycles. The lowest BCUT2D eigenvalue weighted by molar-refractivity contribution is -0.0229. The molecule has 1 aromatic heterocycles. The summed E-state index contributed by atoms with van der Waals surface area (Å²) >= 11 is 0. The fourth-order valence-corrected chi connectivity index (χ4v) is 3.04. The molecular weight excluding hydrogens is 326 g/mol. The fraction of sp³-hybridized carbons (Fsp3) is 0.412. The van der Waals surface area contributed by atoms with Crippen LogP contribution in [0.5, 0.6) is 0 Å². The molecule has 3 rings (SSSR count). The second-order valence-electron chi connectivity index (χ2n) is 6.97. The Balaban J connectivity index is 1.78. The highest BCUT2D eigenvalue weighted by Gasteiger charge is 2.37. The first-order valence-electron chi connectivity index (χ1n) is 8.15. The Hall–Kier alpha value is -2.19. The van der Waals surface area contributed by atoms with Gasteiger partial charge in [-0.2, -0.15) is 4.39 Å². The van der Waals surface area contributed by atoms with Gasteiger partial charge in [0.15, 0.2) is 0 Å². The molecule has 1 fully saturated rings. The Labute approximate surface area is 144 Å². The summed E-state index contributed by atoms with van der Waals surface area (Å²) in [5, 5.41) is 0. The summed E-state index contributed by atoms with van der Waals surface area (Å²) in [5.74, 6) is -0.989. The van der Waals surface area contributed by atoms with Gasteiger partial charge < -0.3 is 9.31 Å². The number of halogens is 1. The molecule has 1 atom stereocenters. The zero-order valence-electron chi connectivity index (χ0n) is 14.4. The van der Waals surface area contributed by atoms with Crippen molar-refractivity contribution in [2.24, 2.45) is 0 Å². The molecule has 0 amide bonds. The van der Waals surface area contributed by atoms with E-state index < -0.39 is 24.2 Å². The number of hydrogen-bond donors (Lipinski definition) is 1. The van der Waals surface area contributed by atoms with E-state index in [1.54, 1.807) is 0 Å². The first-order chi connectivity index (χ1) is 11.7. The van der Waals surface area contributed by atoms with Crippen LogP contribution in [0.25, 0.3) is 0 Å². The molecule has 0 bridgehead atoms. The van der Waals surface area contributed by atoms with E-state index in [-0.39, 0.29) is 18.2 Å². The van der Waals surface area contributed by atoms with Crippen molar-refractivity contribution in [2.75, 3.05) is 0 Å². The zero-order chi connectivity index (χ0) is 18.2. The van der Waals surface area contributed by atoms with Crippen LogP contribution in [-0.4, -0.2) is 28.4 Å². The van der Waals surface area contributed by atoms with Gasteiger partial charge in [-0.25, -0.2) is 4.79 Å². The number of rotatable bonds is 3. The van der Waals surface area contributed by atoms with E-state index >= 15 is 0 Å². The van der Waals surface area contributed by atoms with E-state index in [9.17, 15) is 14.0 Å². The van der Waals surface area contributed by atoms with E-state index in [4.69, 9.17) is 9.31 Å². The molecule has 2 aromatic rings. The minimum atomic E-state index is -1.01. The molecule has 0 spiro atoms. The smallest absolute Gasteiger partial charge is 0.405 e. The number of aromatic nitrogens is 2. The second-order valence-corrected chi connectivity index (χ2v) is 6.97. The largest absolute Gasteiger partial charge is 0.494 e.